The second kappa shape index (κ2) is 6.23. The van der Waals surface area contributed by atoms with E-state index >= 15 is 0 Å². The monoisotopic (exact) mass is 245 g/mol. The van der Waals surface area contributed by atoms with Gasteiger partial charge in [-0.25, -0.2) is 0 Å². The molecule has 0 spiro atoms. The zero-order valence-corrected chi connectivity index (χ0v) is 11.1. The maximum atomic E-state index is 6.18. The first-order chi connectivity index (χ1) is 7.65. The van der Waals surface area contributed by atoms with E-state index < -0.39 is 0 Å². The van der Waals surface area contributed by atoms with Crippen LogP contribution in [-0.4, -0.2) is 30.0 Å². The molecule has 0 aliphatic rings. The quantitative estimate of drug-likeness (QED) is 0.836. The Labute approximate surface area is 102 Å². The summed E-state index contributed by atoms with van der Waals surface area (Å²) >= 11 is 6.18. The van der Waals surface area contributed by atoms with E-state index in [2.05, 4.69) is 17.3 Å². The molecule has 1 aromatic rings. The lowest BCUT2D eigenvalue weighted by Crippen LogP contribution is -2.31. The first-order valence-electron chi connectivity index (χ1n) is 5.56. The van der Waals surface area contributed by atoms with Gasteiger partial charge in [0.1, 0.15) is 0 Å². The van der Waals surface area contributed by atoms with Crippen LogP contribution in [0, 0.1) is 0 Å². The predicted octanol–water partition coefficient (Wildman–Crippen LogP) is 2.24. The van der Waals surface area contributed by atoms with Crippen LogP contribution in [0.2, 0.25) is 5.02 Å². The summed E-state index contributed by atoms with van der Waals surface area (Å²) in [5.74, 6) is 0. The van der Waals surface area contributed by atoms with Gasteiger partial charge >= 0.3 is 0 Å². The van der Waals surface area contributed by atoms with Gasteiger partial charge in [0.15, 0.2) is 0 Å². The number of rotatable bonds is 6. The van der Waals surface area contributed by atoms with Crippen LogP contribution < -0.4 is 5.32 Å². The smallest absolute Gasteiger partial charge is 0.0835 e. The molecule has 1 aromatic heterocycles. The van der Waals surface area contributed by atoms with Crippen molar-refractivity contribution in [1.82, 2.24) is 15.1 Å². The Kier molecular flexibility index (Phi) is 5.25. The molecule has 0 fully saturated rings. The highest BCUT2D eigenvalue weighted by atomic mass is 35.5. The maximum absolute atomic E-state index is 6.18. The van der Waals surface area contributed by atoms with Gasteiger partial charge in [-0.2, -0.15) is 5.10 Å². The minimum Gasteiger partial charge on any atom is -0.380 e. The molecule has 2 unspecified atom stereocenters. The second-order valence-corrected chi connectivity index (χ2v) is 4.22. The lowest BCUT2D eigenvalue weighted by atomic mass is 10.1. The Bertz CT molecular complexity index is 327. The summed E-state index contributed by atoms with van der Waals surface area (Å²) in [6.07, 6.45) is 2.78. The largest absolute Gasteiger partial charge is 0.380 e. The predicted molar refractivity (Wildman–Crippen MR) is 65.8 cm³/mol. The molecule has 2 atom stereocenters. The summed E-state index contributed by atoms with van der Waals surface area (Å²) in [5.41, 5.74) is 1.00. The number of ether oxygens (including phenoxy) is 1. The Morgan fingerprint density at radius 1 is 1.62 bits per heavy atom. The zero-order chi connectivity index (χ0) is 12.1. The maximum Gasteiger partial charge on any atom is 0.0835 e. The van der Waals surface area contributed by atoms with Gasteiger partial charge in [-0.3, -0.25) is 4.68 Å². The molecule has 0 saturated carbocycles. The van der Waals surface area contributed by atoms with E-state index in [-0.39, 0.29) is 12.1 Å². The van der Waals surface area contributed by atoms with Crippen molar-refractivity contribution in [3.8, 4) is 0 Å². The van der Waals surface area contributed by atoms with Crippen LogP contribution >= 0.6 is 11.6 Å². The van der Waals surface area contributed by atoms with Gasteiger partial charge in [0.2, 0.25) is 0 Å². The van der Waals surface area contributed by atoms with Crippen molar-refractivity contribution in [3.63, 3.8) is 0 Å². The summed E-state index contributed by atoms with van der Waals surface area (Å²) in [6.45, 7) is 5.00. The Morgan fingerprint density at radius 2 is 2.31 bits per heavy atom. The van der Waals surface area contributed by atoms with Gasteiger partial charge in [-0.05, 0) is 20.4 Å². The highest BCUT2D eigenvalue weighted by Gasteiger charge is 2.24. The highest BCUT2D eigenvalue weighted by molar-refractivity contribution is 6.31. The molecule has 0 radical (unpaired) electrons. The fourth-order valence-electron chi connectivity index (χ4n) is 1.80. The number of halogens is 1. The third kappa shape index (κ3) is 2.75. The molecule has 4 nitrogen and oxygen atoms in total. The average Bonchev–Trinajstić information content (AvgIpc) is 2.63. The Hall–Kier alpha value is -0.580. The standard InChI is InChI=1S/C11H20ClN3O/c1-5-6-15-11(9(12)7-14-15)10(13-3)8(2)16-4/h7-8,10,13H,5-6H2,1-4H3. The number of nitrogens with one attached hydrogen (secondary N) is 1. The van der Waals surface area contributed by atoms with Gasteiger partial charge in [0, 0.05) is 13.7 Å². The molecule has 0 bridgehead atoms. The zero-order valence-electron chi connectivity index (χ0n) is 10.3. The fourth-order valence-corrected chi connectivity index (χ4v) is 2.06. The lowest BCUT2D eigenvalue weighted by Gasteiger charge is -2.23. The van der Waals surface area contributed by atoms with Crippen molar-refractivity contribution >= 4 is 11.6 Å². The molecule has 0 amide bonds. The van der Waals surface area contributed by atoms with Gasteiger partial charge < -0.3 is 10.1 Å². The number of aryl methyl sites for hydroxylation is 1. The van der Waals surface area contributed by atoms with Crippen LogP contribution in [0.4, 0.5) is 0 Å². The van der Waals surface area contributed by atoms with E-state index in [1.807, 2.05) is 18.7 Å². The average molecular weight is 246 g/mol. The van der Waals surface area contributed by atoms with Gasteiger partial charge in [0.05, 0.1) is 29.1 Å². The van der Waals surface area contributed by atoms with Gasteiger partial charge in [0.25, 0.3) is 0 Å². The van der Waals surface area contributed by atoms with E-state index in [1.165, 1.54) is 0 Å². The van der Waals surface area contributed by atoms with Crippen molar-refractivity contribution in [2.45, 2.75) is 39.0 Å². The third-order valence-corrected chi connectivity index (χ3v) is 3.01. The van der Waals surface area contributed by atoms with Crippen LogP contribution in [-0.2, 0) is 11.3 Å². The van der Waals surface area contributed by atoms with Crippen molar-refractivity contribution in [3.05, 3.63) is 16.9 Å². The minimum atomic E-state index is 0.0507. The van der Waals surface area contributed by atoms with Crippen molar-refractivity contribution < 1.29 is 4.74 Å². The Morgan fingerprint density at radius 3 is 2.81 bits per heavy atom. The third-order valence-electron chi connectivity index (χ3n) is 2.72. The van der Waals surface area contributed by atoms with Crippen molar-refractivity contribution in [2.24, 2.45) is 0 Å². The molecular formula is C11H20ClN3O. The molecule has 5 heteroatoms. The molecule has 0 aliphatic heterocycles. The molecule has 16 heavy (non-hydrogen) atoms. The summed E-state index contributed by atoms with van der Waals surface area (Å²) in [6, 6.07) is 0.0616. The van der Waals surface area contributed by atoms with Crippen LogP contribution in [0.1, 0.15) is 32.0 Å². The van der Waals surface area contributed by atoms with Crippen LogP contribution in [0.15, 0.2) is 6.20 Å². The highest BCUT2D eigenvalue weighted by Crippen LogP contribution is 2.26. The number of likely N-dealkylation sites (N-methyl/N-ethyl adjacent to an activating group) is 1. The first-order valence-corrected chi connectivity index (χ1v) is 5.94. The minimum absolute atomic E-state index is 0.0507. The molecule has 1 heterocycles. The molecule has 1 N–H and O–H groups in total. The number of methoxy groups -OCH3 is 1. The molecule has 0 aromatic carbocycles. The first kappa shape index (κ1) is 13.5. The molecule has 0 aliphatic carbocycles. The number of hydrogen-bond acceptors (Lipinski definition) is 3. The summed E-state index contributed by atoms with van der Waals surface area (Å²) in [7, 11) is 3.60. The molecule has 1 rings (SSSR count). The molecule has 92 valence electrons. The number of nitrogens with zero attached hydrogens (tertiary/aromatic N) is 2. The number of hydrogen-bond donors (Lipinski definition) is 1. The van der Waals surface area contributed by atoms with E-state index in [9.17, 15) is 0 Å². The van der Waals surface area contributed by atoms with Crippen molar-refractivity contribution in [1.29, 1.82) is 0 Å². The SMILES string of the molecule is CCCn1ncc(Cl)c1C(NC)C(C)OC. The van der Waals surface area contributed by atoms with E-state index in [0.29, 0.717) is 5.02 Å². The van der Waals surface area contributed by atoms with Gasteiger partial charge in [-0.1, -0.05) is 18.5 Å². The normalized spacial score (nSPS) is 15.1. The topological polar surface area (TPSA) is 39.1 Å². The summed E-state index contributed by atoms with van der Waals surface area (Å²) in [5, 5.41) is 8.20. The number of aromatic nitrogens is 2. The summed E-state index contributed by atoms with van der Waals surface area (Å²) in [4.78, 5) is 0. The van der Waals surface area contributed by atoms with Crippen LogP contribution in [0.25, 0.3) is 0 Å². The van der Waals surface area contributed by atoms with E-state index in [1.54, 1.807) is 13.3 Å². The molecular weight excluding hydrogens is 226 g/mol. The van der Waals surface area contributed by atoms with E-state index in [0.717, 1.165) is 18.7 Å². The van der Waals surface area contributed by atoms with Crippen LogP contribution in [0.3, 0.4) is 0 Å². The molecule has 0 saturated heterocycles. The summed E-state index contributed by atoms with van der Waals surface area (Å²) < 4.78 is 7.30. The van der Waals surface area contributed by atoms with Gasteiger partial charge in [-0.15, -0.1) is 0 Å². The Balaban J connectivity index is 3.02. The fraction of sp³-hybridized carbons (Fsp3) is 0.727. The van der Waals surface area contributed by atoms with Crippen LogP contribution in [0.5, 0.6) is 0 Å². The van der Waals surface area contributed by atoms with E-state index in [4.69, 9.17) is 16.3 Å². The van der Waals surface area contributed by atoms with Crippen molar-refractivity contribution in [2.75, 3.05) is 14.2 Å². The lowest BCUT2D eigenvalue weighted by molar-refractivity contribution is 0.0826. The second-order valence-electron chi connectivity index (χ2n) is 3.81.